The molecule has 1 heterocycles. The third kappa shape index (κ3) is 2.64. The molecule has 1 aliphatic rings. The van der Waals surface area contributed by atoms with Gasteiger partial charge in [-0.25, -0.2) is 9.69 Å². The first-order chi connectivity index (χ1) is 8.18. The molecule has 0 bridgehead atoms. The molecule has 1 aliphatic heterocycles. The molecular weight excluding hydrogens is 218 g/mol. The number of hydrogen-bond acceptors (Lipinski definition) is 3. The Labute approximate surface area is 100 Å². The molecule has 90 valence electrons. The molecule has 1 aromatic rings. The number of carbonyl (C=O) groups excluding carboxylic acids is 2. The second-order valence-corrected chi connectivity index (χ2v) is 4.21. The van der Waals surface area contributed by atoms with Gasteiger partial charge < -0.3 is 4.74 Å². The van der Waals surface area contributed by atoms with Crippen molar-refractivity contribution in [1.29, 1.82) is 0 Å². The molecule has 1 aromatic carbocycles. The van der Waals surface area contributed by atoms with E-state index >= 15 is 0 Å². The number of para-hydroxylation sites is 1. The minimum absolute atomic E-state index is 0.0907. The van der Waals surface area contributed by atoms with Gasteiger partial charge in [0.05, 0.1) is 0 Å². The number of imide groups is 1. The molecular formula is C13H15NO3. The first kappa shape index (κ1) is 11.6. The predicted octanol–water partition coefficient (Wildman–Crippen LogP) is 2.44. The Bertz CT molecular complexity index is 416. The molecule has 17 heavy (non-hydrogen) atoms. The summed E-state index contributed by atoms with van der Waals surface area (Å²) in [6.45, 7) is 2.29. The van der Waals surface area contributed by atoms with E-state index in [2.05, 4.69) is 0 Å². The fourth-order valence-corrected chi connectivity index (χ4v) is 1.88. The number of rotatable bonds is 1. The van der Waals surface area contributed by atoms with Crippen molar-refractivity contribution in [3.8, 4) is 5.75 Å². The Hall–Kier alpha value is -1.84. The van der Waals surface area contributed by atoms with Crippen molar-refractivity contribution in [2.24, 2.45) is 5.92 Å². The average Bonchev–Trinajstić information content (AvgIpc) is 2.34. The highest BCUT2D eigenvalue weighted by Crippen LogP contribution is 2.19. The Kier molecular flexibility index (Phi) is 3.42. The molecule has 4 heteroatoms. The highest BCUT2D eigenvalue weighted by molar-refractivity contribution is 5.94. The molecule has 1 fully saturated rings. The van der Waals surface area contributed by atoms with E-state index in [1.54, 1.807) is 24.3 Å². The van der Waals surface area contributed by atoms with E-state index in [0.717, 1.165) is 12.8 Å². The molecule has 0 spiro atoms. The number of likely N-dealkylation sites (tertiary alicyclic amines) is 1. The van der Waals surface area contributed by atoms with E-state index in [-0.39, 0.29) is 11.8 Å². The smallest absolute Gasteiger partial charge is 0.410 e. The second kappa shape index (κ2) is 4.99. The van der Waals surface area contributed by atoms with Gasteiger partial charge in [-0.1, -0.05) is 25.1 Å². The van der Waals surface area contributed by atoms with Gasteiger partial charge in [0.25, 0.3) is 0 Å². The molecule has 4 nitrogen and oxygen atoms in total. The summed E-state index contributed by atoms with van der Waals surface area (Å²) >= 11 is 0. The summed E-state index contributed by atoms with van der Waals surface area (Å²) in [5, 5.41) is 0. The number of ether oxygens (including phenoxy) is 1. The van der Waals surface area contributed by atoms with Crippen molar-refractivity contribution >= 4 is 12.0 Å². The summed E-state index contributed by atoms with van der Waals surface area (Å²) in [6, 6.07) is 8.78. The minimum atomic E-state index is -0.576. The van der Waals surface area contributed by atoms with E-state index < -0.39 is 6.09 Å². The van der Waals surface area contributed by atoms with Crippen LogP contribution in [0.2, 0.25) is 0 Å². The maximum Gasteiger partial charge on any atom is 0.421 e. The van der Waals surface area contributed by atoms with Crippen LogP contribution in [0.5, 0.6) is 5.75 Å². The summed E-state index contributed by atoms with van der Waals surface area (Å²) in [4.78, 5) is 24.8. The van der Waals surface area contributed by atoms with Crippen LogP contribution in [0.4, 0.5) is 4.79 Å². The molecule has 2 rings (SSSR count). The van der Waals surface area contributed by atoms with Gasteiger partial charge in [0.15, 0.2) is 0 Å². The molecule has 0 radical (unpaired) electrons. The molecule has 1 unspecified atom stereocenters. The molecule has 1 saturated heterocycles. The zero-order chi connectivity index (χ0) is 12.3. The van der Waals surface area contributed by atoms with Crippen molar-refractivity contribution in [2.45, 2.75) is 19.8 Å². The quantitative estimate of drug-likeness (QED) is 0.748. The van der Waals surface area contributed by atoms with E-state index in [4.69, 9.17) is 4.74 Å². The van der Waals surface area contributed by atoms with Gasteiger partial charge in [-0.3, -0.25) is 4.79 Å². The van der Waals surface area contributed by atoms with Crippen LogP contribution >= 0.6 is 0 Å². The molecule has 0 aromatic heterocycles. The maximum absolute atomic E-state index is 11.8. The SMILES string of the molecule is CC1CCCN(C(=O)Oc2ccccc2)C1=O. The Morgan fingerprint density at radius 1 is 1.35 bits per heavy atom. The lowest BCUT2D eigenvalue weighted by Crippen LogP contribution is -2.45. The number of benzene rings is 1. The number of carbonyl (C=O) groups is 2. The second-order valence-electron chi connectivity index (χ2n) is 4.21. The van der Waals surface area contributed by atoms with Crippen LogP contribution in [0.15, 0.2) is 30.3 Å². The maximum atomic E-state index is 11.8. The fraction of sp³-hybridized carbons (Fsp3) is 0.385. The summed E-state index contributed by atoms with van der Waals surface area (Å²) < 4.78 is 5.14. The fourth-order valence-electron chi connectivity index (χ4n) is 1.88. The predicted molar refractivity (Wildman–Crippen MR) is 62.6 cm³/mol. The number of hydrogen-bond donors (Lipinski definition) is 0. The summed E-state index contributed by atoms with van der Waals surface area (Å²) in [7, 11) is 0. The lowest BCUT2D eigenvalue weighted by molar-refractivity contribution is -0.135. The summed E-state index contributed by atoms with van der Waals surface area (Å²) in [5.74, 6) is 0.229. The van der Waals surface area contributed by atoms with E-state index in [1.165, 1.54) is 4.90 Å². The van der Waals surface area contributed by atoms with Crippen LogP contribution in [0.25, 0.3) is 0 Å². The van der Waals surface area contributed by atoms with Gasteiger partial charge in [-0.15, -0.1) is 0 Å². The summed E-state index contributed by atoms with van der Waals surface area (Å²) in [5.41, 5.74) is 0. The van der Waals surface area contributed by atoms with Crippen molar-refractivity contribution in [3.05, 3.63) is 30.3 Å². The largest absolute Gasteiger partial charge is 0.421 e. The molecule has 0 aliphatic carbocycles. The summed E-state index contributed by atoms with van der Waals surface area (Å²) in [6.07, 6.45) is 1.11. The lowest BCUT2D eigenvalue weighted by Gasteiger charge is -2.27. The molecule has 2 amide bonds. The zero-order valence-electron chi connectivity index (χ0n) is 9.76. The van der Waals surface area contributed by atoms with Crippen molar-refractivity contribution in [2.75, 3.05) is 6.54 Å². The topological polar surface area (TPSA) is 46.6 Å². The van der Waals surface area contributed by atoms with Gasteiger partial charge >= 0.3 is 6.09 Å². The van der Waals surface area contributed by atoms with Gasteiger partial charge in [0, 0.05) is 12.5 Å². The minimum Gasteiger partial charge on any atom is -0.410 e. The Morgan fingerprint density at radius 3 is 2.76 bits per heavy atom. The van der Waals surface area contributed by atoms with Gasteiger partial charge in [0.1, 0.15) is 5.75 Å². The standard InChI is InChI=1S/C13H15NO3/c1-10-6-5-9-14(12(10)15)13(16)17-11-7-3-2-4-8-11/h2-4,7-8,10H,5-6,9H2,1H3. The highest BCUT2D eigenvalue weighted by atomic mass is 16.6. The van der Waals surface area contributed by atoms with Crippen molar-refractivity contribution in [3.63, 3.8) is 0 Å². The average molecular weight is 233 g/mol. The van der Waals surface area contributed by atoms with Gasteiger partial charge in [0.2, 0.25) is 5.91 Å². The third-order valence-corrected chi connectivity index (χ3v) is 2.88. The van der Waals surface area contributed by atoms with Gasteiger partial charge in [-0.2, -0.15) is 0 Å². The van der Waals surface area contributed by atoms with E-state index in [0.29, 0.717) is 12.3 Å². The van der Waals surface area contributed by atoms with E-state index in [9.17, 15) is 9.59 Å². The van der Waals surface area contributed by atoms with Gasteiger partial charge in [-0.05, 0) is 25.0 Å². The monoisotopic (exact) mass is 233 g/mol. The molecule has 1 atom stereocenters. The van der Waals surface area contributed by atoms with Crippen molar-refractivity contribution < 1.29 is 14.3 Å². The molecule has 0 saturated carbocycles. The Morgan fingerprint density at radius 2 is 2.06 bits per heavy atom. The van der Waals surface area contributed by atoms with Crippen LogP contribution < -0.4 is 4.74 Å². The lowest BCUT2D eigenvalue weighted by atomic mass is 10.00. The van der Waals surface area contributed by atoms with Crippen LogP contribution in [-0.4, -0.2) is 23.4 Å². The molecule has 0 N–H and O–H groups in total. The first-order valence-electron chi connectivity index (χ1n) is 5.76. The van der Waals surface area contributed by atoms with Crippen LogP contribution in [-0.2, 0) is 4.79 Å². The van der Waals surface area contributed by atoms with E-state index in [1.807, 2.05) is 13.0 Å². The first-order valence-corrected chi connectivity index (χ1v) is 5.76. The Balaban J connectivity index is 2.03. The number of piperidine rings is 1. The van der Waals surface area contributed by atoms with Crippen LogP contribution in [0.3, 0.4) is 0 Å². The van der Waals surface area contributed by atoms with Crippen LogP contribution in [0.1, 0.15) is 19.8 Å². The highest BCUT2D eigenvalue weighted by Gasteiger charge is 2.30. The normalized spacial score (nSPS) is 20.2. The van der Waals surface area contributed by atoms with Crippen molar-refractivity contribution in [1.82, 2.24) is 4.90 Å². The zero-order valence-corrected chi connectivity index (χ0v) is 9.76. The van der Waals surface area contributed by atoms with Crippen LogP contribution in [0, 0.1) is 5.92 Å². The number of nitrogens with zero attached hydrogens (tertiary/aromatic N) is 1. The number of amides is 2. The third-order valence-electron chi connectivity index (χ3n) is 2.88.